The van der Waals surface area contributed by atoms with Gasteiger partial charge in [-0.1, -0.05) is 62.6 Å². The van der Waals surface area contributed by atoms with Crippen LogP contribution in [0.4, 0.5) is 0 Å². The molecule has 0 amide bonds. The molecule has 0 heterocycles. The molecule has 0 fully saturated rings. The lowest BCUT2D eigenvalue weighted by atomic mass is 10.2. The molecule has 98 valence electrons. The molecule has 2 nitrogen and oxygen atoms in total. The van der Waals surface area contributed by atoms with Crippen molar-refractivity contribution in [2.45, 2.75) is 39.0 Å². The standard InChI is InChI=1S/C16H22O2/c1-2-3-4-8-13-16(17)18-14-9-12-15-10-6-5-7-11-15/h5-7,9-12H,2-4,8,13-14H2,1H3/b12-9+. The van der Waals surface area contributed by atoms with Crippen LogP contribution in [0.3, 0.4) is 0 Å². The molecular formula is C16H22O2. The van der Waals surface area contributed by atoms with Gasteiger partial charge in [-0.2, -0.15) is 0 Å². The topological polar surface area (TPSA) is 26.3 Å². The van der Waals surface area contributed by atoms with Gasteiger partial charge in [-0.25, -0.2) is 0 Å². The van der Waals surface area contributed by atoms with Crippen molar-refractivity contribution in [3.8, 4) is 0 Å². The third-order valence-electron chi connectivity index (χ3n) is 2.68. The van der Waals surface area contributed by atoms with E-state index in [1.54, 1.807) is 0 Å². The Kier molecular flexibility index (Phi) is 7.61. The van der Waals surface area contributed by atoms with Crippen LogP contribution < -0.4 is 0 Å². The first kappa shape index (κ1) is 14.5. The molecule has 0 saturated heterocycles. The zero-order valence-corrected chi connectivity index (χ0v) is 11.1. The second-order valence-corrected chi connectivity index (χ2v) is 4.31. The Morgan fingerprint density at radius 2 is 1.94 bits per heavy atom. The first-order valence-electron chi connectivity index (χ1n) is 6.70. The summed E-state index contributed by atoms with van der Waals surface area (Å²) >= 11 is 0. The van der Waals surface area contributed by atoms with Gasteiger partial charge < -0.3 is 4.74 Å². The van der Waals surface area contributed by atoms with Crippen molar-refractivity contribution in [3.63, 3.8) is 0 Å². The number of hydrogen-bond donors (Lipinski definition) is 0. The number of rotatable bonds is 8. The molecule has 0 atom stereocenters. The summed E-state index contributed by atoms with van der Waals surface area (Å²) in [4.78, 5) is 11.4. The Morgan fingerprint density at radius 3 is 2.67 bits per heavy atom. The largest absolute Gasteiger partial charge is 0.461 e. The number of unbranched alkanes of at least 4 members (excludes halogenated alkanes) is 3. The molecule has 18 heavy (non-hydrogen) atoms. The third kappa shape index (κ3) is 6.89. The predicted octanol–water partition coefficient (Wildman–Crippen LogP) is 4.21. The van der Waals surface area contributed by atoms with Crippen LogP contribution in [-0.4, -0.2) is 12.6 Å². The lowest BCUT2D eigenvalue weighted by Crippen LogP contribution is -2.03. The molecule has 0 aromatic heterocycles. The molecule has 0 saturated carbocycles. The fourth-order valence-corrected chi connectivity index (χ4v) is 1.66. The average Bonchev–Trinajstić information content (AvgIpc) is 2.41. The molecule has 0 aliphatic heterocycles. The molecule has 1 aromatic rings. The number of benzene rings is 1. The third-order valence-corrected chi connectivity index (χ3v) is 2.68. The summed E-state index contributed by atoms with van der Waals surface area (Å²) < 4.78 is 5.12. The summed E-state index contributed by atoms with van der Waals surface area (Å²) in [6, 6.07) is 9.98. The van der Waals surface area contributed by atoms with Gasteiger partial charge in [0.2, 0.25) is 0 Å². The van der Waals surface area contributed by atoms with E-state index in [1.807, 2.05) is 42.5 Å². The van der Waals surface area contributed by atoms with Crippen LogP contribution in [0.1, 0.15) is 44.6 Å². The molecule has 1 rings (SSSR count). The van der Waals surface area contributed by atoms with E-state index >= 15 is 0 Å². The maximum atomic E-state index is 11.4. The summed E-state index contributed by atoms with van der Waals surface area (Å²) in [5.74, 6) is -0.0937. The molecule has 0 aliphatic rings. The molecule has 0 bridgehead atoms. The molecule has 0 aliphatic carbocycles. The van der Waals surface area contributed by atoms with E-state index < -0.39 is 0 Å². The smallest absolute Gasteiger partial charge is 0.306 e. The maximum Gasteiger partial charge on any atom is 0.306 e. The highest BCUT2D eigenvalue weighted by atomic mass is 16.5. The van der Waals surface area contributed by atoms with Crippen molar-refractivity contribution >= 4 is 12.0 Å². The fraction of sp³-hybridized carbons (Fsp3) is 0.438. The number of carbonyl (C=O) groups is 1. The molecule has 0 radical (unpaired) electrons. The van der Waals surface area contributed by atoms with Crippen molar-refractivity contribution in [1.29, 1.82) is 0 Å². The van der Waals surface area contributed by atoms with Crippen molar-refractivity contribution < 1.29 is 9.53 Å². The molecule has 2 heteroatoms. The normalized spacial score (nSPS) is 10.7. The Bertz CT molecular complexity index is 355. The van der Waals surface area contributed by atoms with E-state index in [9.17, 15) is 4.79 Å². The second-order valence-electron chi connectivity index (χ2n) is 4.31. The first-order chi connectivity index (χ1) is 8.83. The summed E-state index contributed by atoms with van der Waals surface area (Å²) in [5.41, 5.74) is 1.12. The van der Waals surface area contributed by atoms with E-state index in [1.165, 1.54) is 12.8 Å². The Hall–Kier alpha value is -1.57. The maximum absolute atomic E-state index is 11.4. The Balaban J connectivity index is 2.10. The summed E-state index contributed by atoms with van der Waals surface area (Å²) in [7, 11) is 0. The van der Waals surface area contributed by atoms with Gasteiger partial charge in [-0.05, 0) is 18.1 Å². The van der Waals surface area contributed by atoms with Crippen LogP contribution >= 0.6 is 0 Å². The predicted molar refractivity (Wildman–Crippen MR) is 75.2 cm³/mol. The second kappa shape index (κ2) is 9.46. The fourth-order valence-electron chi connectivity index (χ4n) is 1.66. The lowest BCUT2D eigenvalue weighted by Gasteiger charge is -2.01. The van der Waals surface area contributed by atoms with Gasteiger partial charge in [-0.15, -0.1) is 0 Å². The molecule has 0 N–H and O–H groups in total. The van der Waals surface area contributed by atoms with Crippen molar-refractivity contribution in [1.82, 2.24) is 0 Å². The highest BCUT2D eigenvalue weighted by Gasteiger charge is 2.00. The van der Waals surface area contributed by atoms with E-state index in [4.69, 9.17) is 4.74 Å². The summed E-state index contributed by atoms with van der Waals surface area (Å²) in [6.45, 7) is 2.52. The van der Waals surface area contributed by atoms with Gasteiger partial charge in [0, 0.05) is 6.42 Å². The molecule has 0 unspecified atom stereocenters. The molecular weight excluding hydrogens is 224 g/mol. The quantitative estimate of drug-likeness (QED) is 0.507. The molecule has 1 aromatic carbocycles. The minimum Gasteiger partial charge on any atom is -0.461 e. The van der Waals surface area contributed by atoms with Crippen molar-refractivity contribution in [2.24, 2.45) is 0 Å². The minimum atomic E-state index is -0.0937. The number of carbonyl (C=O) groups excluding carboxylic acids is 1. The van der Waals surface area contributed by atoms with Crippen LogP contribution in [0.5, 0.6) is 0 Å². The Labute approximate surface area is 110 Å². The summed E-state index contributed by atoms with van der Waals surface area (Å²) in [5, 5.41) is 0. The number of esters is 1. The van der Waals surface area contributed by atoms with Gasteiger partial charge in [-0.3, -0.25) is 4.79 Å². The monoisotopic (exact) mass is 246 g/mol. The van der Waals surface area contributed by atoms with Crippen molar-refractivity contribution in [3.05, 3.63) is 42.0 Å². The Morgan fingerprint density at radius 1 is 1.17 bits per heavy atom. The van der Waals surface area contributed by atoms with E-state index in [0.717, 1.165) is 18.4 Å². The lowest BCUT2D eigenvalue weighted by molar-refractivity contribution is -0.142. The van der Waals surface area contributed by atoms with Crippen LogP contribution in [0.25, 0.3) is 6.08 Å². The van der Waals surface area contributed by atoms with Crippen LogP contribution in [0.2, 0.25) is 0 Å². The van der Waals surface area contributed by atoms with Gasteiger partial charge >= 0.3 is 5.97 Å². The van der Waals surface area contributed by atoms with E-state index in [-0.39, 0.29) is 5.97 Å². The van der Waals surface area contributed by atoms with E-state index in [2.05, 4.69) is 6.92 Å². The number of ether oxygens (including phenoxy) is 1. The zero-order valence-electron chi connectivity index (χ0n) is 11.1. The van der Waals surface area contributed by atoms with Gasteiger partial charge in [0.05, 0.1) is 0 Å². The van der Waals surface area contributed by atoms with E-state index in [0.29, 0.717) is 13.0 Å². The van der Waals surface area contributed by atoms with Crippen LogP contribution in [0, 0.1) is 0 Å². The van der Waals surface area contributed by atoms with Crippen LogP contribution in [0.15, 0.2) is 36.4 Å². The molecule has 0 spiro atoms. The zero-order chi connectivity index (χ0) is 13.1. The minimum absolute atomic E-state index is 0.0937. The highest BCUT2D eigenvalue weighted by molar-refractivity contribution is 5.69. The first-order valence-corrected chi connectivity index (χ1v) is 6.70. The van der Waals surface area contributed by atoms with Gasteiger partial charge in [0.1, 0.15) is 6.61 Å². The van der Waals surface area contributed by atoms with Crippen molar-refractivity contribution in [2.75, 3.05) is 6.61 Å². The number of hydrogen-bond acceptors (Lipinski definition) is 2. The van der Waals surface area contributed by atoms with Crippen LogP contribution in [-0.2, 0) is 9.53 Å². The highest BCUT2D eigenvalue weighted by Crippen LogP contribution is 2.04. The SMILES string of the molecule is CCCCCCC(=O)OC/C=C/c1ccccc1. The van der Waals surface area contributed by atoms with Gasteiger partial charge in [0.15, 0.2) is 0 Å². The average molecular weight is 246 g/mol. The van der Waals surface area contributed by atoms with Gasteiger partial charge in [0.25, 0.3) is 0 Å². The summed E-state index contributed by atoms with van der Waals surface area (Å²) in [6.07, 6.45) is 8.82.